The molecule has 2 rings (SSSR count). The number of nitrogens with zero attached hydrogens (tertiary/aromatic N) is 2. The molecule has 1 N–H and O–H groups in total. The summed E-state index contributed by atoms with van der Waals surface area (Å²) in [4.78, 5) is 9.76. The van der Waals surface area contributed by atoms with E-state index in [9.17, 15) is 0 Å². The van der Waals surface area contributed by atoms with Crippen molar-refractivity contribution in [3.05, 3.63) is 34.3 Å². The van der Waals surface area contributed by atoms with Crippen LogP contribution in [0.2, 0.25) is 0 Å². The number of aromatic nitrogens is 2. The Morgan fingerprint density at radius 2 is 2.26 bits per heavy atom. The molecule has 0 radical (unpaired) electrons. The summed E-state index contributed by atoms with van der Waals surface area (Å²) in [5.74, 6) is 1.47. The summed E-state index contributed by atoms with van der Waals surface area (Å²) in [5, 5.41) is 5.61. The van der Waals surface area contributed by atoms with Crippen LogP contribution >= 0.6 is 11.3 Å². The first-order valence-electron chi connectivity index (χ1n) is 6.41. The van der Waals surface area contributed by atoms with Crippen LogP contribution in [-0.2, 0) is 0 Å². The zero-order valence-corrected chi connectivity index (χ0v) is 12.3. The summed E-state index contributed by atoms with van der Waals surface area (Å²) in [5.41, 5.74) is 0.947. The van der Waals surface area contributed by atoms with E-state index in [1.807, 2.05) is 6.92 Å². The Kier molecular flexibility index (Phi) is 4.74. The van der Waals surface area contributed by atoms with Crippen molar-refractivity contribution < 1.29 is 4.74 Å². The van der Waals surface area contributed by atoms with E-state index in [0.29, 0.717) is 11.9 Å². The van der Waals surface area contributed by atoms with Crippen LogP contribution < -0.4 is 10.1 Å². The fourth-order valence-electron chi connectivity index (χ4n) is 2.01. The minimum Gasteiger partial charge on any atom is -0.481 e. The third-order valence-electron chi connectivity index (χ3n) is 3.01. The van der Waals surface area contributed by atoms with Crippen LogP contribution in [0.4, 0.5) is 5.82 Å². The summed E-state index contributed by atoms with van der Waals surface area (Å²) in [6.45, 7) is 4.16. The van der Waals surface area contributed by atoms with Crippen LogP contribution in [0.3, 0.4) is 0 Å². The van der Waals surface area contributed by atoms with E-state index < -0.39 is 0 Å². The standard InChI is InChI=1S/C14H19N3OS/c1-4-6-11(12-7-5-8-19-12)17-13-10(2)14(18-3)16-9-15-13/h5,7-9,11H,4,6H2,1-3H3,(H,15,16,17). The van der Waals surface area contributed by atoms with Gasteiger partial charge in [-0.15, -0.1) is 11.3 Å². The quantitative estimate of drug-likeness (QED) is 0.872. The van der Waals surface area contributed by atoms with Crippen LogP contribution in [0.15, 0.2) is 23.8 Å². The Hall–Kier alpha value is -1.62. The highest BCUT2D eigenvalue weighted by molar-refractivity contribution is 7.10. The molecule has 0 bridgehead atoms. The molecule has 0 aliphatic heterocycles. The van der Waals surface area contributed by atoms with Gasteiger partial charge < -0.3 is 10.1 Å². The molecule has 102 valence electrons. The molecule has 1 unspecified atom stereocenters. The van der Waals surface area contributed by atoms with Gasteiger partial charge in [-0.1, -0.05) is 19.4 Å². The number of hydrogen-bond acceptors (Lipinski definition) is 5. The lowest BCUT2D eigenvalue weighted by atomic mass is 10.1. The topological polar surface area (TPSA) is 47.0 Å². The van der Waals surface area contributed by atoms with Crippen molar-refractivity contribution in [2.45, 2.75) is 32.7 Å². The van der Waals surface area contributed by atoms with Gasteiger partial charge in [-0.2, -0.15) is 0 Å². The molecule has 2 aromatic rings. The molecule has 5 heteroatoms. The monoisotopic (exact) mass is 277 g/mol. The molecule has 0 saturated carbocycles. The van der Waals surface area contributed by atoms with Crippen LogP contribution in [-0.4, -0.2) is 17.1 Å². The second-order valence-electron chi connectivity index (χ2n) is 4.36. The number of hydrogen-bond donors (Lipinski definition) is 1. The molecular weight excluding hydrogens is 258 g/mol. The maximum atomic E-state index is 5.23. The molecule has 0 aliphatic rings. The lowest BCUT2D eigenvalue weighted by molar-refractivity contribution is 0.393. The van der Waals surface area contributed by atoms with Crippen molar-refractivity contribution in [3.8, 4) is 5.88 Å². The van der Waals surface area contributed by atoms with E-state index in [0.717, 1.165) is 24.2 Å². The number of methoxy groups -OCH3 is 1. The minimum atomic E-state index is 0.295. The number of thiophene rings is 1. The van der Waals surface area contributed by atoms with Gasteiger partial charge in [0.1, 0.15) is 12.1 Å². The average molecular weight is 277 g/mol. The fourth-order valence-corrected chi connectivity index (χ4v) is 2.83. The third-order valence-corrected chi connectivity index (χ3v) is 3.99. The van der Waals surface area contributed by atoms with Crippen molar-refractivity contribution in [2.75, 3.05) is 12.4 Å². The van der Waals surface area contributed by atoms with Gasteiger partial charge in [-0.25, -0.2) is 9.97 Å². The van der Waals surface area contributed by atoms with Crippen molar-refractivity contribution in [3.63, 3.8) is 0 Å². The SMILES string of the molecule is CCCC(Nc1ncnc(OC)c1C)c1cccs1. The first kappa shape index (κ1) is 13.8. The van der Waals surface area contributed by atoms with Crippen molar-refractivity contribution in [1.29, 1.82) is 0 Å². The molecule has 1 atom stereocenters. The van der Waals surface area contributed by atoms with E-state index in [1.54, 1.807) is 18.4 Å². The largest absolute Gasteiger partial charge is 0.481 e. The lowest BCUT2D eigenvalue weighted by Gasteiger charge is -2.19. The van der Waals surface area contributed by atoms with Gasteiger partial charge in [0.05, 0.1) is 18.7 Å². The molecule has 0 aliphatic carbocycles. The summed E-state index contributed by atoms with van der Waals surface area (Å²) in [7, 11) is 1.63. The van der Waals surface area contributed by atoms with Gasteiger partial charge in [-0.05, 0) is 24.8 Å². The number of rotatable bonds is 6. The Labute approximate surface area is 117 Å². The van der Waals surface area contributed by atoms with E-state index in [4.69, 9.17) is 4.74 Å². The van der Waals surface area contributed by atoms with Crippen LogP contribution in [0.25, 0.3) is 0 Å². The molecule has 0 saturated heterocycles. The Morgan fingerprint density at radius 3 is 2.89 bits per heavy atom. The number of nitrogens with one attached hydrogen (secondary N) is 1. The van der Waals surface area contributed by atoms with Gasteiger partial charge in [0.2, 0.25) is 5.88 Å². The zero-order valence-electron chi connectivity index (χ0n) is 11.5. The molecule has 0 amide bonds. The van der Waals surface area contributed by atoms with Crippen LogP contribution in [0.1, 0.15) is 36.2 Å². The average Bonchev–Trinajstić information content (AvgIpc) is 2.94. The van der Waals surface area contributed by atoms with Crippen molar-refractivity contribution >= 4 is 17.2 Å². The predicted molar refractivity (Wildman–Crippen MR) is 78.9 cm³/mol. The number of anilines is 1. The summed E-state index contributed by atoms with van der Waals surface area (Å²) >= 11 is 1.77. The van der Waals surface area contributed by atoms with Gasteiger partial charge in [0, 0.05) is 4.88 Å². The zero-order chi connectivity index (χ0) is 13.7. The molecule has 2 heterocycles. The maximum absolute atomic E-state index is 5.23. The summed E-state index contributed by atoms with van der Waals surface area (Å²) in [6, 6.07) is 4.53. The maximum Gasteiger partial charge on any atom is 0.221 e. The Morgan fingerprint density at radius 1 is 1.42 bits per heavy atom. The highest BCUT2D eigenvalue weighted by atomic mass is 32.1. The second kappa shape index (κ2) is 6.52. The van der Waals surface area contributed by atoms with Crippen LogP contribution in [0.5, 0.6) is 5.88 Å². The highest BCUT2D eigenvalue weighted by Gasteiger charge is 2.15. The van der Waals surface area contributed by atoms with Crippen molar-refractivity contribution in [1.82, 2.24) is 9.97 Å². The number of ether oxygens (including phenoxy) is 1. The first-order chi connectivity index (χ1) is 9.26. The highest BCUT2D eigenvalue weighted by Crippen LogP contribution is 2.29. The van der Waals surface area contributed by atoms with E-state index in [-0.39, 0.29) is 0 Å². The minimum absolute atomic E-state index is 0.295. The van der Waals surface area contributed by atoms with Gasteiger partial charge in [-0.3, -0.25) is 0 Å². The predicted octanol–water partition coefficient (Wildman–Crippen LogP) is 3.81. The first-order valence-corrected chi connectivity index (χ1v) is 7.29. The Balaban J connectivity index is 2.22. The fraction of sp³-hybridized carbons (Fsp3) is 0.429. The molecule has 0 fully saturated rings. The molecule has 4 nitrogen and oxygen atoms in total. The second-order valence-corrected chi connectivity index (χ2v) is 5.34. The van der Waals surface area contributed by atoms with E-state index in [2.05, 4.69) is 39.7 Å². The normalized spacial score (nSPS) is 12.2. The van der Waals surface area contributed by atoms with Gasteiger partial charge >= 0.3 is 0 Å². The molecule has 0 spiro atoms. The van der Waals surface area contributed by atoms with E-state index >= 15 is 0 Å². The van der Waals surface area contributed by atoms with Gasteiger partial charge in [0.15, 0.2) is 0 Å². The molecule has 19 heavy (non-hydrogen) atoms. The molecule has 2 aromatic heterocycles. The summed E-state index contributed by atoms with van der Waals surface area (Å²) in [6.07, 6.45) is 3.73. The molecule has 0 aromatic carbocycles. The van der Waals surface area contributed by atoms with Crippen molar-refractivity contribution in [2.24, 2.45) is 0 Å². The van der Waals surface area contributed by atoms with Crippen LogP contribution in [0, 0.1) is 6.92 Å². The molecular formula is C14H19N3OS. The Bertz CT molecular complexity index is 513. The summed E-state index contributed by atoms with van der Waals surface area (Å²) < 4.78 is 5.23. The van der Waals surface area contributed by atoms with Gasteiger partial charge in [0.25, 0.3) is 0 Å². The lowest BCUT2D eigenvalue weighted by Crippen LogP contribution is -2.12. The third kappa shape index (κ3) is 3.23. The van der Waals surface area contributed by atoms with E-state index in [1.165, 1.54) is 11.2 Å². The smallest absolute Gasteiger partial charge is 0.221 e.